The second kappa shape index (κ2) is 5.75. The molecular weight excluding hydrogens is 262 g/mol. The number of amides is 1. The van der Waals surface area contributed by atoms with Crippen molar-refractivity contribution in [2.75, 3.05) is 12.4 Å². The van der Waals surface area contributed by atoms with Crippen LogP contribution >= 0.6 is 11.8 Å². The van der Waals surface area contributed by atoms with Gasteiger partial charge in [0.15, 0.2) is 0 Å². The summed E-state index contributed by atoms with van der Waals surface area (Å²) in [7, 11) is 0. The van der Waals surface area contributed by atoms with E-state index in [1.54, 1.807) is 0 Å². The van der Waals surface area contributed by atoms with Crippen molar-refractivity contribution in [3.8, 4) is 0 Å². The number of nitrogens with zero attached hydrogens (tertiary/aromatic N) is 1. The van der Waals surface area contributed by atoms with Crippen LogP contribution in [-0.2, 0) is 14.3 Å². The van der Waals surface area contributed by atoms with Crippen LogP contribution in [0.1, 0.15) is 13.8 Å². The topological polar surface area (TPSA) is 46.6 Å². The SMILES string of the molecule is CC1(C)OC[C@H](C=O)N1C(=O)CSc1ccccc1. The molecule has 102 valence electrons. The number of carbonyl (C=O) groups is 2. The summed E-state index contributed by atoms with van der Waals surface area (Å²) in [4.78, 5) is 25.8. The summed E-state index contributed by atoms with van der Waals surface area (Å²) in [6, 6.07) is 9.25. The summed E-state index contributed by atoms with van der Waals surface area (Å²) in [6.07, 6.45) is 0.778. The highest BCUT2D eigenvalue weighted by atomic mass is 32.2. The van der Waals surface area contributed by atoms with Gasteiger partial charge in [-0.1, -0.05) is 18.2 Å². The van der Waals surface area contributed by atoms with Crippen LogP contribution in [0.4, 0.5) is 0 Å². The number of carbonyl (C=O) groups excluding carboxylic acids is 2. The summed E-state index contributed by atoms with van der Waals surface area (Å²) in [6.45, 7) is 3.89. The van der Waals surface area contributed by atoms with Gasteiger partial charge in [0.25, 0.3) is 0 Å². The van der Waals surface area contributed by atoms with Crippen molar-refractivity contribution >= 4 is 24.0 Å². The number of rotatable bonds is 4. The Hall–Kier alpha value is -1.33. The van der Waals surface area contributed by atoms with Gasteiger partial charge in [0.05, 0.1) is 12.4 Å². The van der Waals surface area contributed by atoms with Crippen LogP contribution in [0.2, 0.25) is 0 Å². The van der Waals surface area contributed by atoms with Crippen LogP contribution < -0.4 is 0 Å². The fourth-order valence-corrected chi connectivity index (χ4v) is 2.93. The molecule has 0 bridgehead atoms. The zero-order valence-electron chi connectivity index (χ0n) is 11.0. The molecule has 1 aliphatic heterocycles. The number of hydrogen-bond donors (Lipinski definition) is 0. The summed E-state index contributed by atoms with van der Waals surface area (Å²) in [5.74, 6) is 0.231. The molecule has 1 aromatic carbocycles. The van der Waals surface area contributed by atoms with Gasteiger partial charge in [-0.2, -0.15) is 0 Å². The van der Waals surface area contributed by atoms with E-state index in [0.29, 0.717) is 5.75 Å². The van der Waals surface area contributed by atoms with Gasteiger partial charge < -0.3 is 14.4 Å². The summed E-state index contributed by atoms with van der Waals surface area (Å²) >= 11 is 1.47. The second-order valence-electron chi connectivity index (χ2n) is 4.83. The van der Waals surface area contributed by atoms with Crippen LogP contribution in [0.15, 0.2) is 35.2 Å². The van der Waals surface area contributed by atoms with Crippen molar-refractivity contribution in [3.05, 3.63) is 30.3 Å². The fourth-order valence-electron chi connectivity index (χ4n) is 2.15. The molecule has 1 atom stereocenters. The lowest BCUT2D eigenvalue weighted by Crippen LogP contribution is -2.49. The van der Waals surface area contributed by atoms with E-state index >= 15 is 0 Å². The van der Waals surface area contributed by atoms with Crippen molar-refractivity contribution < 1.29 is 14.3 Å². The third-order valence-corrected chi connectivity index (χ3v) is 4.05. The van der Waals surface area contributed by atoms with Gasteiger partial charge in [-0.05, 0) is 26.0 Å². The van der Waals surface area contributed by atoms with Crippen molar-refractivity contribution in [2.24, 2.45) is 0 Å². The first kappa shape index (κ1) is 14.1. The number of ether oxygens (including phenoxy) is 1. The molecule has 1 aliphatic rings. The van der Waals surface area contributed by atoms with Gasteiger partial charge in [0, 0.05) is 4.90 Å². The quantitative estimate of drug-likeness (QED) is 0.624. The Balaban J connectivity index is 2.00. The maximum atomic E-state index is 12.3. The Bertz CT molecular complexity index is 461. The largest absolute Gasteiger partial charge is 0.354 e. The van der Waals surface area contributed by atoms with Crippen LogP contribution in [-0.4, -0.2) is 41.2 Å². The third-order valence-electron chi connectivity index (χ3n) is 3.05. The molecule has 1 amide bonds. The lowest BCUT2D eigenvalue weighted by atomic mass is 10.2. The summed E-state index contributed by atoms with van der Waals surface area (Å²) in [5, 5.41) is 0. The average molecular weight is 279 g/mol. The second-order valence-corrected chi connectivity index (χ2v) is 5.88. The molecule has 2 rings (SSSR count). The Labute approximate surface area is 117 Å². The van der Waals surface area contributed by atoms with E-state index in [1.165, 1.54) is 16.7 Å². The third kappa shape index (κ3) is 3.16. The lowest BCUT2D eigenvalue weighted by Gasteiger charge is -2.31. The molecule has 0 N–H and O–H groups in total. The Morgan fingerprint density at radius 2 is 2.16 bits per heavy atom. The molecule has 19 heavy (non-hydrogen) atoms. The average Bonchev–Trinajstić information content (AvgIpc) is 2.72. The van der Waals surface area contributed by atoms with Gasteiger partial charge in [-0.15, -0.1) is 11.8 Å². The smallest absolute Gasteiger partial charge is 0.235 e. The first-order chi connectivity index (χ1) is 9.04. The Morgan fingerprint density at radius 1 is 1.47 bits per heavy atom. The minimum absolute atomic E-state index is 0.0755. The zero-order valence-corrected chi connectivity index (χ0v) is 11.9. The Kier molecular flexibility index (Phi) is 4.27. The fraction of sp³-hybridized carbons (Fsp3) is 0.429. The molecule has 0 aliphatic carbocycles. The van der Waals surface area contributed by atoms with Gasteiger partial charge in [0.1, 0.15) is 18.1 Å². The van der Waals surface area contributed by atoms with Gasteiger partial charge in [0.2, 0.25) is 5.91 Å². The molecule has 1 fully saturated rings. The van der Waals surface area contributed by atoms with E-state index in [4.69, 9.17) is 4.74 Å². The molecule has 1 saturated heterocycles. The van der Waals surface area contributed by atoms with E-state index in [0.717, 1.165) is 11.2 Å². The first-order valence-corrected chi connectivity index (χ1v) is 7.12. The minimum Gasteiger partial charge on any atom is -0.354 e. The predicted octanol–water partition coefficient (Wildman–Crippen LogP) is 1.94. The first-order valence-electron chi connectivity index (χ1n) is 6.14. The molecular formula is C14H17NO3S. The highest BCUT2D eigenvalue weighted by Gasteiger charge is 2.43. The van der Waals surface area contributed by atoms with Gasteiger partial charge >= 0.3 is 0 Å². The van der Waals surface area contributed by atoms with Gasteiger partial charge in [-0.25, -0.2) is 0 Å². The van der Waals surface area contributed by atoms with Crippen LogP contribution in [0.5, 0.6) is 0 Å². The van der Waals surface area contributed by atoms with E-state index < -0.39 is 11.8 Å². The van der Waals surface area contributed by atoms with Gasteiger partial charge in [-0.3, -0.25) is 4.79 Å². The Morgan fingerprint density at radius 3 is 2.79 bits per heavy atom. The van der Waals surface area contributed by atoms with Crippen molar-refractivity contribution in [1.29, 1.82) is 0 Å². The molecule has 0 saturated carbocycles. The van der Waals surface area contributed by atoms with Crippen LogP contribution in [0.3, 0.4) is 0 Å². The van der Waals surface area contributed by atoms with Crippen molar-refractivity contribution in [3.63, 3.8) is 0 Å². The molecule has 1 heterocycles. The number of benzene rings is 1. The monoisotopic (exact) mass is 279 g/mol. The predicted molar refractivity (Wildman–Crippen MR) is 73.9 cm³/mol. The maximum absolute atomic E-state index is 12.3. The molecule has 4 nitrogen and oxygen atoms in total. The van der Waals surface area contributed by atoms with Crippen LogP contribution in [0.25, 0.3) is 0 Å². The number of hydrogen-bond acceptors (Lipinski definition) is 4. The molecule has 0 spiro atoms. The van der Waals surface area contributed by atoms with E-state index in [9.17, 15) is 9.59 Å². The molecule has 1 aromatic rings. The van der Waals surface area contributed by atoms with Crippen molar-refractivity contribution in [1.82, 2.24) is 4.90 Å². The molecule has 0 aromatic heterocycles. The molecule has 5 heteroatoms. The number of thioether (sulfide) groups is 1. The highest BCUT2D eigenvalue weighted by Crippen LogP contribution is 2.28. The molecule has 0 unspecified atom stereocenters. The van der Waals surface area contributed by atoms with Crippen LogP contribution in [0, 0.1) is 0 Å². The normalized spacial score (nSPS) is 21.4. The zero-order chi connectivity index (χ0) is 13.9. The van der Waals surface area contributed by atoms with Crippen molar-refractivity contribution in [2.45, 2.75) is 30.5 Å². The number of aldehydes is 1. The van der Waals surface area contributed by atoms with E-state index in [1.807, 2.05) is 44.2 Å². The highest BCUT2D eigenvalue weighted by molar-refractivity contribution is 8.00. The molecule has 0 radical (unpaired) electrons. The minimum atomic E-state index is -0.708. The van der Waals surface area contributed by atoms with E-state index in [2.05, 4.69) is 0 Å². The summed E-state index contributed by atoms with van der Waals surface area (Å²) in [5.41, 5.74) is -0.708. The standard InChI is InChI=1S/C14H17NO3S/c1-14(2)15(11(8-16)9-18-14)13(17)10-19-12-6-4-3-5-7-12/h3-8,11H,9-10H2,1-2H3/t11-/m0/s1. The lowest BCUT2D eigenvalue weighted by molar-refractivity contribution is -0.144. The maximum Gasteiger partial charge on any atom is 0.235 e. The van der Waals surface area contributed by atoms with E-state index in [-0.39, 0.29) is 12.5 Å². The summed E-state index contributed by atoms with van der Waals surface area (Å²) < 4.78 is 5.49.